The molecule has 8 aromatic rings. The van der Waals surface area contributed by atoms with Gasteiger partial charge in [0.15, 0.2) is 17.8 Å². The first-order chi connectivity index (χ1) is 47.9. The van der Waals surface area contributed by atoms with E-state index in [0.717, 1.165) is 22.1 Å². The number of carbonyl (C=O) groups is 9. The Balaban J connectivity index is 0.791. The number of aliphatic hydroxyl groups excluding tert-OH is 3. The third-order valence-electron chi connectivity index (χ3n) is 16.7. The minimum atomic E-state index is -2.02. The first kappa shape index (κ1) is 70.1. The van der Waals surface area contributed by atoms with Gasteiger partial charge >= 0.3 is 12.1 Å². The first-order valence-electron chi connectivity index (χ1n) is 31.6. The molecular formula is C65H70N16O18S. The second kappa shape index (κ2) is 29.8. The molecule has 34 nitrogen and oxygen atoms in total. The molecule has 0 radical (unpaired) electrons. The smallest absolute Gasteiger partial charge is 0.410 e. The molecule has 0 unspecified atom stereocenters. The Hall–Kier alpha value is -11.3. The summed E-state index contributed by atoms with van der Waals surface area (Å²) in [6, 6.07) is 10.3. The van der Waals surface area contributed by atoms with Gasteiger partial charge in [0.05, 0.1) is 41.1 Å². The number of hydrogen-bond acceptors (Lipinski definition) is 24. The van der Waals surface area contributed by atoms with Gasteiger partial charge in [-0.25, -0.2) is 39.2 Å². The number of hydrogen-bond donors (Lipinski definition) is 9. The lowest BCUT2D eigenvalue weighted by molar-refractivity contribution is -0.271. The van der Waals surface area contributed by atoms with Gasteiger partial charge in [0, 0.05) is 98.9 Å². The molecule has 524 valence electrons. The largest absolute Gasteiger partial charge is 0.494 e. The van der Waals surface area contributed by atoms with E-state index >= 15 is 0 Å². The number of nitrogens with one attached hydrogen (secondary N) is 3. The summed E-state index contributed by atoms with van der Waals surface area (Å²) in [6.07, 6.45) is -2.62. The fourth-order valence-corrected chi connectivity index (χ4v) is 12.6. The highest BCUT2D eigenvalue weighted by atomic mass is 32.1. The summed E-state index contributed by atoms with van der Waals surface area (Å²) in [5, 5.41) is 55.5. The van der Waals surface area contributed by atoms with Gasteiger partial charge in [0.2, 0.25) is 35.9 Å². The van der Waals surface area contributed by atoms with Crippen molar-refractivity contribution >= 4 is 109 Å². The first-order valence-corrected chi connectivity index (χ1v) is 32.5. The zero-order chi connectivity index (χ0) is 71.4. The molecule has 5 aromatic heterocycles. The summed E-state index contributed by atoms with van der Waals surface area (Å²) < 4.78 is 34.4. The highest BCUT2D eigenvalue weighted by molar-refractivity contribution is 7.13. The average molecular weight is 1400 g/mol. The van der Waals surface area contributed by atoms with E-state index < -0.39 is 84.1 Å². The molecule has 11 N–H and O–H groups in total. The summed E-state index contributed by atoms with van der Waals surface area (Å²) in [4.78, 5) is 141. The Morgan fingerprint density at radius 2 is 1.52 bits per heavy atom. The van der Waals surface area contributed by atoms with Crippen molar-refractivity contribution in [2.24, 2.45) is 17.4 Å². The molecule has 0 spiro atoms. The molecule has 3 aliphatic heterocycles. The number of nitrogens with zero attached hydrogens (tertiary/aromatic N) is 11. The number of primary amides is 2. The van der Waals surface area contributed by atoms with Crippen LogP contribution in [0.25, 0.3) is 44.6 Å². The molecule has 5 atom stereocenters. The van der Waals surface area contributed by atoms with Crippen LogP contribution in [0.1, 0.15) is 85.6 Å². The number of rotatable bonds is 28. The number of aryl methyl sites for hydroxylation is 4. The van der Waals surface area contributed by atoms with Gasteiger partial charge in [0.1, 0.15) is 64.0 Å². The normalized spacial score (nSPS) is 17.7. The maximum atomic E-state index is 13.9. The summed E-state index contributed by atoms with van der Waals surface area (Å²) in [5.74, 6) is -4.22. The molecule has 0 saturated carbocycles. The van der Waals surface area contributed by atoms with Crippen molar-refractivity contribution in [1.29, 1.82) is 0 Å². The van der Waals surface area contributed by atoms with Crippen LogP contribution in [0.2, 0.25) is 0 Å². The fraction of sp³-hybridized carbons (Fsp3) is 0.369. The predicted octanol–water partition coefficient (Wildman–Crippen LogP) is 2.63. The molecule has 3 aromatic carbocycles. The fourth-order valence-electron chi connectivity index (χ4n) is 11.6. The van der Waals surface area contributed by atoms with Crippen LogP contribution in [0.4, 0.5) is 16.4 Å². The number of fused-ring (bicyclic) bond motifs is 4. The number of carboxylic acid groups (broad SMARTS) is 1. The molecule has 0 aliphatic carbocycles. The van der Waals surface area contributed by atoms with Crippen molar-refractivity contribution in [1.82, 2.24) is 59.0 Å². The number of ether oxygens (including phenoxy) is 5. The Morgan fingerprint density at radius 1 is 0.800 bits per heavy atom. The number of likely N-dealkylation sites (tertiary alicyclic amines) is 1. The van der Waals surface area contributed by atoms with Gasteiger partial charge in [-0.05, 0) is 81.5 Å². The van der Waals surface area contributed by atoms with Gasteiger partial charge in [-0.15, -0.1) is 11.3 Å². The number of imidazole rings is 1. The second-order valence-corrected chi connectivity index (χ2v) is 24.7. The zero-order valence-electron chi connectivity index (χ0n) is 54.6. The molecule has 3 aliphatic rings. The van der Waals surface area contributed by atoms with E-state index in [2.05, 4.69) is 31.0 Å². The van der Waals surface area contributed by atoms with Gasteiger partial charge in [-0.2, -0.15) is 5.10 Å². The summed E-state index contributed by atoms with van der Waals surface area (Å²) in [5.41, 5.74) is 14.6. The van der Waals surface area contributed by atoms with Crippen LogP contribution in [-0.2, 0) is 66.1 Å². The van der Waals surface area contributed by atoms with E-state index in [4.69, 9.17) is 50.1 Å². The Kier molecular flexibility index (Phi) is 20.9. The van der Waals surface area contributed by atoms with E-state index in [1.807, 2.05) is 37.5 Å². The lowest BCUT2D eigenvalue weighted by Crippen LogP contribution is -2.61. The standard InChI is InChI=1S/C65H70N16O18S/c1-6-39-55(100-32(4)71-39)61(91)75-64-73-41-24-36(57(67)90)25-43(95-5)50(41)80(64)19-9-8-18-79-49-37(38-27-69-58(74-59(38)79)60-70-31(3)76-81(60)7-2)23-35(56(66)89)26-44(49)96-21-16-34-28-77(29-34)65(94)97-30-33-10-11-42(98-63-53(88)51(86)52(87)54(99-63)62(92)93)40(22-33)72-46(83)14-17-68-45(82)15-20-78-47(84)12-13-48(78)85/h8-13,22-27,34,51-54,63,86-88H,6-7,14-21,28-30H2,1-5H3,(H2,66,89)(H2,67,90)(H,68,82)(H,72,83)(H,92,93)(H,73,75,91)/b9-8+/t51-,52-,53+,54-,63+/m0/s1. The van der Waals surface area contributed by atoms with E-state index in [-0.39, 0.29) is 117 Å². The van der Waals surface area contributed by atoms with Crippen LogP contribution < -0.4 is 41.6 Å². The number of nitrogens with two attached hydrogens (primary N) is 2. The Morgan fingerprint density at radius 3 is 2.22 bits per heavy atom. The SMILES string of the molecule is CCc1nc(C)sc1C(=O)Nc1nc2cc(C(N)=O)cc(OC)c2n1C/C=C/Cn1c2nc(-c3nc(C)nn3CC)ncc2c2cc(C(N)=O)cc(OCCC3CN(C(=O)OCc4ccc(O[C@@H]5O[C@H](C(=O)O)[C@@H](O)[C@H](O)[C@H]5O)c(NC(=O)CCNC(=O)CCN5C(=O)C=CC5=O)c4)C3)c21. The number of allylic oxidation sites excluding steroid dienone is 2. The second-order valence-electron chi connectivity index (χ2n) is 23.5. The number of anilines is 2. The number of thiazole rings is 1. The average Bonchev–Trinajstić information content (AvgIpc) is 1.54. The summed E-state index contributed by atoms with van der Waals surface area (Å²) >= 11 is 1.25. The number of aromatic nitrogens is 9. The molecule has 0 bridgehead atoms. The monoisotopic (exact) mass is 1390 g/mol. The third kappa shape index (κ3) is 14.9. The van der Waals surface area contributed by atoms with E-state index in [9.17, 15) is 63.6 Å². The zero-order valence-corrected chi connectivity index (χ0v) is 55.4. The molecule has 8 amide bonds. The van der Waals surface area contributed by atoms with Crippen molar-refractivity contribution in [3.05, 3.63) is 111 Å². The lowest BCUT2D eigenvalue weighted by atomic mass is 9.97. The van der Waals surface area contributed by atoms with Crippen LogP contribution >= 0.6 is 11.3 Å². The van der Waals surface area contributed by atoms with Crippen molar-refractivity contribution in [2.45, 2.75) is 110 Å². The number of aliphatic hydroxyl groups is 3. The quantitative estimate of drug-likeness (QED) is 0.0251. The molecule has 11 rings (SSSR count). The topological polar surface area (TPSA) is 467 Å². The van der Waals surface area contributed by atoms with E-state index in [1.165, 1.54) is 53.7 Å². The Labute approximate surface area is 571 Å². The summed E-state index contributed by atoms with van der Waals surface area (Å²) in [6.45, 7) is 8.07. The molecule has 2 fully saturated rings. The predicted molar refractivity (Wildman–Crippen MR) is 355 cm³/mol. The minimum Gasteiger partial charge on any atom is -0.494 e. The number of carbonyl (C=O) groups excluding carboxylic acids is 8. The number of amides is 8. The van der Waals surface area contributed by atoms with Crippen molar-refractivity contribution in [2.75, 3.05) is 50.5 Å². The van der Waals surface area contributed by atoms with Crippen LogP contribution in [0, 0.1) is 19.8 Å². The molecular weight excluding hydrogens is 1320 g/mol. The van der Waals surface area contributed by atoms with Crippen molar-refractivity contribution in [3.8, 4) is 28.9 Å². The highest BCUT2D eigenvalue weighted by Crippen LogP contribution is 2.38. The molecule has 2 saturated heterocycles. The van der Waals surface area contributed by atoms with E-state index in [0.29, 0.717) is 80.1 Å². The maximum Gasteiger partial charge on any atom is 0.410 e. The number of imide groups is 1. The van der Waals surface area contributed by atoms with Crippen molar-refractivity contribution in [3.63, 3.8) is 0 Å². The van der Waals surface area contributed by atoms with Crippen LogP contribution in [0.15, 0.2) is 73.0 Å². The Bertz CT molecular complexity index is 4630. The van der Waals surface area contributed by atoms with Gasteiger partial charge < -0.3 is 80.2 Å². The van der Waals surface area contributed by atoms with Crippen LogP contribution in [-0.4, -0.2) is 198 Å². The molecule has 100 heavy (non-hydrogen) atoms. The van der Waals surface area contributed by atoms with Crippen LogP contribution in [0.5, 0.6) is 17.2 Å². The molecule has 35 heteroatoms. The number of benzene rings is 3. The van der Waals surface area contributed by atoms with Gasteiger partial charge in [0.25, 0.3) is 17.7 Å². The number of carboxylic acids is 1. The minimum absolute atomic E-state index is 0.0739. The number of methoxy groups -OCH3 is 1. The molecule has 8 heterocycles. The van der Waals surface area contributed by atoms with E-state index in [1.54, 1.807) is 34.5 Å². The summed E-state index contributed by atoms with van der Waals surface area (Å²) in [7, 11) is 1.44. The third-order valence-corrected chi connectivity index (χ3v) is 17.7. The number of aliphatic carboxylic acids is 1. The van der Waals surface area contributed by atoms with Crippen LogP contribution in [0.3, 0.4) is 0 Å². The van der Waals surface area contributed by atoms with Crippen molar-refractivity contribution < 1.29 is 87.3 Å². The maximum absolute atomic E-state index is 13.9. The van der Waals surface area contributed by atoms with Gasteiger partial charge in [-0.1, -0.05) is 25.1 Å². The highest BCUT2D eigenvalue weighted by Gasteiger charge is 2.48. The lowest BCUT2D eigenvalue weighted by Gasteiger charge is -2.38. The van der Waals surface area contributed by atoms with Gasteiger partial charge in [-0.3, -0.25) is 43.8 Å².